The average Bonchev–Trinajstić information content (AvgIpc) is 3.03. The number of hydrogen-bond acceptors (Lipinski definition) is 4. The first-order chi connectivity index (χ1) is 11.2. The van der Waals surface area contributed by atoms with Crippen LogP contribution in [0.15, 0.2) is 54.6 Å². The summed E-state index contributed by atoms with van der Waals surface area (Å²) in [7, 11) is 0. The zero-order valence-corrected chi connectivity index (χ0v) is 12.2. The lowest BCUT2D eigenvalue weighted by molar-refractivity contribution is 0.0736. The van der Waals surface area contributed by atoms with Gasteiger partial charge in [-0.3, -0.25) is 4.79 Å². The number of carbonyl (C=O) groups is 1. The van der Waals surface area contributed by atoms with Gasteiger partial charge in [0.05, 0.1) is 11.4 Å². The number of H-pyrrole nitrogens is 1. The molecule has 5 nitrogen and oxygen atoms in total. The highest BCUT2D eigenvalue weighted by Crippen LogP contribution is 2.36. The number of aliphatic hydroxyl groups is 1. The van der Waals surface area contributed by atoms with Gasteiger partial charge < -0.3 is 14.8 Å². The second-order valence-corrected chi connectivity index (χ2v) is 5.36. The number of rotatable bonds is 3. The molecule has 1 aliphatic carbocycles. The van der Waals surface area contributed by atoms with Crippen LogP contribution in [0.3, 0.4) is 0 Å². The maximum Gasteiger partial charge on any atom is 0.198 e. The molecule has 3 aromatic rings. The fourth-order valence-electron chi connectivity index (χ4n) is 2.76. The van der Waals surface area contributed by atoms with Crippen LogP contribution in [0.4, 0.5) is 0 Å². The summed E-state index contributed by atoms with van der Waals surface area (Å²) in [5.74, 6) is 0.994. The number of hydrogen-bond donors (Lipinski definition) is 2. The van der Waals surface area contributed by atoms with E-state index in [1.54, 1.807) is 12.1 Å². The topological polar surface area (TPSA) is 75.2 Å². The Hall–Kier alpha value is -2.92. The highest BCUT2D eigenvalue weighted by molar-refractivity contribution is 6.08. The number of ketones is 1. The maximum atomic E-state index is 12.2. The molecule has 1 aromatic heterocycles. The van der Waals surface area contributed by atoms with Crippen molar-refractivity contribution < 1.29 is 14.6 Å². The van der Waals surface area contributed by atoms with Crippen LogP contribution in [0.25, 0.3) is 11.3 Å². The van der Waals surface area contributed by atoms with Gasteiger partial charge in [0.25, 0.3) is 0 Å². The standard InChI is InChI=1S/C18H14N2O3/c21-17-13-9-5-4-8-12(13)15-16(18(17)22)20-14(19-15)10-23-11-6-2-1-3-7-11/h1-9,18,22H,10H2,(H,19,20). The van der Waals surface area contributed by atoms with Gasteiger partial charge in [-0.1, -0.05) is 42.5 Å². The summed E-state index contributed by atoms with van der Waals surface area (Å²) < 4.78 is 5.66. The van der Waals surface area contributed by atoms with Gasteiger partial charge in [-0.2, -0.15) is 0 Å². The van der Waals surface area contributed by atoms with Crippen molar-refractivity contribution in [1.82, 2.24) is 9.97 Å². The number of Topliss-reactive ketones (excluding diaryl/α,β-unsaturated/α-hetero) is 1. The number of nitrogens with one attached hydrogen (secondary N) is 1. The third kappa shape index (κ3) is 2.31. The molecule has 1 aliphatic rings. The highest BCUT2D eigenvalue weighted by atomic mass is 16.5. The average molecular weight is 306 g/mol. The number of imidazole rings is 1. The number of aliphatic hydroxyl groups excluding tert-OH is 1. The molecule has 1 atom stereocenters. The van der Waals surface area contributed by atoms with Gasteiger partial charge in [0, 0.05) is 11.1 Å². The molecule has 1 heterocycles. The molecule has 4 rings (SSSR count). The Balaban J connectivity index is 1.67. The van der Waals surface area contributed by atoms with Crippen LogP contribution in [-0.4, -0.2) is 20.9 Å². The van der Waals surface area contributed by atoms with Crippen LogP contribution in [0.2, 0.25) is 0 Å². The van der Waals surface area contributed by atoms with Crippen molar-refractivity contribution in [1.29, 1.82) is 0 Å². The Labute approximate surface area is 132 Å². The number of para-hydroxylation sites is 1. The first-order valence-electron chi connectivity index (χ1n) is 7.32. The van der Waals surface area contributed by atoms with E-state index in [1.807, 2.05) is 42.5 Å². The molecule has 0 spiro atoms. The van der Waals surface area contributed by atoms with Crippen molar-refractivity contribution in [3.05, 3.63) is 71.7 Å². The third-order valence-electron chi connectivity index (χ3n) is 3.87. The lowest BCUT2D eigenvalue weighted by atomic mass is 9.89. The minimum absolute atomic E-state index is 0.236. The van der Waals surface area contributed by atoms with E-state index >= 15 is 0 Å². The monoisotopic (exact) mass is 306 g/mol. The molecule has 1 unspecified atom stereocenters. The molecular formula is C18H14N2O3. The van der Waals surface area contributed by atoms with E-state index in [-0.39, 0.29) is 12.4 Å². The van der Waals surface area contributed by atoms with Crippen molar-refractivity contribution in [2.24, 2.45) is 0 Å². The van der Waals surface area contributed by atoms with Gasteiger partial charge in [0.15, 0.2) is 11.9 Å². The number of aromatic amines is 1. The van der Waals surface area contributed by atoms with E-state index in [4.69, 9.17) is 4.74 Å². The third-order valence-corrected chi connectivity index (χ3v) is 3.87. The molecule has 5 heteroatoms. The number of benzene rings is 2. The van der Waals surface area contributed by atoms with Crippen LogP contribution in [0.1, 0.15) is 28.0 Å². The molecule has 0 radical (unpaired) electrons. The summed E-state index contributed by atoms with van der Waals surface area (Å²) in [4.78, 5) is 19.8. The van der Waals surface area contributed by atoms with Crippen LogP contribution < -0.4 is 4.74 Å². The lowest BCUT2D eigenvalue weighted by Crippen LogP contribution is -2.19. The first kappa shape index (κ1) is 13.7. The molecule has 0 bridgehead atoms. The van der Waals surface area contributed by atoms with E-state index in [0.29, 0.717) is 22.8 Å². The molecular weight excluding hydrogens is 292 g/mol. The highest BCUT2D eigenvalue weighted by Gasteiger charge is 2.33. The number of nitrogens with zero attached hydrogens (tertiary/aromatic N) is 1. The van der Waals surface area contributed by atoms with Crippen LogP contribution in [0.5, 0.6) is 5.75 Å². The van der Waals surface area contributed by atoms with Gasteiger partial charge >= 0.3 is 0 Å². The molecule has 2 N–H and O–H groups in total. The van der Waals surface area contributed by atoms with Crippen LogP contribution >= 0.6 is 0 Å². The molecule has 0 saturated carbocycles. The second-order valence-electron chi connectivity index (χ2n) is 5.36. The summed E-state index contributed by atoms with van der Waals surface area (Å²) >= 11 is 0. The Bertz CT molecular complexity index is 871. The smallest absolute Gasteiger partial charge is 0.198 e. The van der Waals surface area contributed by atoms with Gasteiger partial charge in [-0.05, 0) is 12.1 Å². The van der Waals surface area contributed by atoms with Crippen molar-refractivity contribution in [2.45, 2.75) is 12.7 Å². The van der Waals surface area contributed by atoms with E-state index in [9.17, 15) is 9.90 Å². The summed E-state index contributed by atoms with van der Waals surface area (Å²) in [5, 5.41) is 10.2. The fourth-order valence-corrected chi connectivity index (χ4v) is 2.76. The number of carbonyl (C=O) groups excluding carboxylic acids is 1. The Morgan fingerprint density at radius 3 is 2.52 bits per heavy atom. The van der Waals surface area contributed by atoms with E-state index < -0.39 is 6.10 Å². The molecule has 2 aromatic carbocycles. The van der Waals surface area contributed by atoms with Gasteiger partial charge in [0.2, 0.25) is 0 Å². The van der Waals surface area contributed by atoms with Crippen molar-refractivity contribution in [2.75, 3.05) is 0 Å². The van der Waals surface area contributed by atoms with Crippen molar-refractivity contribution in [3.63, 3.8) is 0 Å². The zero-order valence-electron chi connectivity index (χ0n) is 12.2. The minimum Gasteiger partial charge on any atom is -0.486 e. The van der Waals surface area contributed by atoms with Crippen molar-refractivity contribution in [3.8, 4) is 17.0 Å². The van der Waals surface area contributed by atoms with Crippen molar-refractivity contribution >= 4 is 5.78 Å². The van der Waals surface area contributed by atoms with E-state index in [2.05, 4.69) is 9.97 Å². The number of ether oxygens (including phenoxy) is 1. The molecule has 23 heavy (non-hydrogen) atoms. The Morgan fingerprint density at radius 2 is 1.74 bits per heavy atom. The summed E-state index contributed by atoms with van der Waals surface area (Å²) in [6, 6.07) is 16.6. The number of aromatic nitrogens is 2. The quantitative estimate of drug-likeness (QED) is 0.780. The van der Waals surface area contributed by atoms with Crippen LogP contribution in [-0.2, 0) is 6.61 Å². The van der Waals surface area contributed by atoms with E-state index in [1.165, 1.54) is 0 Å². The largest absolute Gasteiger partial charge is 0.486 e. The minimum atomic E-state index is -1.21. The SMILES string of the molecule is O=C1c2ccccc2-c2nc(COc3ccccc3)[nH]c2C1O. The number of fused-ring (bicyclic) bond motifs is 3. The summed E-state index contributed by atoms with van der Waals surface area (Å²) in [5.41, 5.74) is 2.27. The van der Waals surface area contributed by atoms with E-state index in [0.717, 1.165) is 11.3 Å². The predicted molar refractivity (Wildman–Crippen MR) is 84.1 cm³/mol. The van der Waals surface area contributed by atoms with Gasteiger partial charge in [-0.15, -0.1) is 0 Å². The Morgan fingerprint density at radius 1 is 1.04 bits per heavy atom. The molecule has 0 fully saturated rings. The summed E-state index contributed by atoms with van der Waals surface area (Å²) in [6.45, 7) is 0.236. The zero-order chi connectivity index (χ0) is 15.8. The summed E-state index contributed by atoms with van der Waals surface area (Å²) in [6.07, 6.45) is -1.21. The second kappa shape index (κ2) is 5.37. The molecule has 114 valence electrons. The molecule has 0 amide bonds. The van der Waals surface area contributed by atoms with Gasteiger partial charge in [0.1, 0.15) is 18.2 Å². The lowest BCUT2D eigenvalue weighted by Gasteiger charge is -2.18. The molecule has 0 aliphatic heterocycles. The van der Waals surface area contributed by atoms with Crippen LogP contribution in [0, 0.1) is 0 Å². The first-order valence-corrected chi connectivity index (χ1v) is 7.32. The predicted octanol–water partition coefficient (Wildman–Crippen LogP) is 2.89. The normalized spacial score (nSPS) is 15.9. The fraction of sp³-hybridized carbons (Fsp3) is 0.111. The maximum absolute atomic E-state index is 12.2. The van der Waals surface area contributed by atoms with Gasteiger partial charge in [-0.25, -0.2) is 4.98 Å². The molecule has 0 saturated heterocycles. The Kier molecular flexibility index (Phi) is 3.20.